The lowest BCUT2D eigenvalue weighted by Crippen LogP contribution is -2.21. The number of alkyl halides is 3. The van der Waals surface area contributed by atoms with E-state index in [-0.39, 0.29) is 5.78 Å². The van der Waals surface area contributed by atoms with Gasteiger partial charge in [-0.05, 0) is 0 Å². The lowest BCUT2D eigenvalue weighted by Gasteiger charge is -1.93. The third kappa shape index (κ3) is 7.98. The molecule has 0 spiro atoms. The van der Waals surface area contributed by atoms with E-state index in [0.717, 1.165) is 11.6 Å². The summed E-state index contributed by atoms with van der Waals surface area (Å²) in [5, 5.41) is 7.12. The number of aliphatic carboxylic acids is 1. The number of nitrogens with zero attached hydrogens (tertiary/aromatic N) is 1. The molecular weight excluding hydrogens is 235 g/mol. The summed E-state index contributed by atoms with van der Waals surface area (Å²) < 4.78 is 31.7. The zero-order chi connectivity index (χ0) is 11.9. The normalized spacial score (nSPS) is 16.3. The number of carboxylic acid groups (broad SMARTS) is 1. The molecule has 0 aromatic heterocycles. The van der Waals surface area contributed by atoms with Gasteiger partial charge in [0.2, 0.25) is 0 Å². The second-order valence-electron chi connectivity index (χ2n) is 2.37. The molecule has 0 saturated heterocycles. The van der Waals surface area contributed by atoms with Crippen molar-refractivity contribution >= 4 is 29.7 Å². The van der Waals surface area contributed by atoms with E-state index in [1.54, 1.807) is 11.8 Å². The number of ketones is 1. The Morgan fingerprint density at radius 3 is 2.53 bits per heavy atom. The average Bonchev–Trinajstić information content (AvgIpc) is 2.32. The van der Waals surface area contributed by atoms with Gasteiger partial charge in [-0.3, -0.25) is 9.79 Å². The van der Waals surface area contributed by atoms with Crippen LogP contribution in [0.25, 0.3) is 0 Å². The van der Waals surface area contributed by atoms with Crippen LogP contribution in [-0.4, -0.2) is 40.9 Å². The molecule has 8 heteroatoms. The van der Waals surface area contributed by atoms with Gasteiger partial charge in [-0.2, -0.15) is 13.2 Å². The van der Waals surface area contributed by atoms with Crippen molar-refractivity contribution in [3.05, 3.63) is 0 Å². The van der Waals surface area contributed by atoms with Gasteiger partial charge in [0.05, 0.1) is 12.1 Å². The summed E-state index contributed by atoms with van der Waals surface area (Å²) in [5.74, 6) is -0.910. The van der Waals surface area contributed by atoms with E-state index < -0.39 is 12.1 Å². The summed E-state index contributed by atoms with van der Waals surface area (Å²) in [7, 11) is 0. The van der Waals surface area contributed by atoms with Crippen LogP contribution in [-0.2, 0) is 9.59 Å². The maximum atomic E-state index is 10.6. The molecule has 0 amide bonds. The van der Waals surface area contributed by atoms with Crippen molar-refractivity contribution in [3.8, 4) is 0 Å². The van der Waals surface area contributed by atoms with Gasteiger partial charge in [0.15, 0.2) is 5.78 Å². The molecule has 0 unspecified atom stereocenters. The molecule has 1 aliphatic rings. The minimum absolute atomic E-state index is 0.162. The van der Waals surface area contributed by atoms with Crippen molar-refractivity contribution in [1.82, 2.24) is 0 Å². The first-order chi connectivity index (χ1) is 6.84. The second-order valence-corrected chi connectivity index (χ2v) is 3.44. The fourth-order valence-electron chi connectivity index (χ4n) is 0.494. The van der Waals surface area contributed by atoms with Crippen LogP contribution in [0.4, 0.5) is 13.2 Å². The van der Waals surface area contributed by atoms with Crippen LogP contribution >= 0.6 is 11.8 Å². The molecule has 0 atom stereocenters. The van der Waals surface area contributed by atoms with Gasteiger partial charge < -0.3 is 5.11 Å². The number of Topliss-reactive ketones (excluding diaryl/α,β-unsaturated/α-hetero) is 1. The van der Waals surface area contributed by atoms with Crippen LogP contribution in [0, 0.1) is 0 Å². The van der Waals surface area contributed by atoms with Crippen molar-refractivity contribution in [1.29, 1.82) is 0 Å². The van der Waals surface area contributed by atoms with E-state index in [1.807, 2.05) is 0 Å². The lowest BCUT2D eigenvalue weighted by molar-refractivity contribution is -0.192. The topological polar surface area (TPSA) is 66.7 Å². The van der Waals surface area contributed by atoms with Gasteiger partial charge in [0.1, 0.15) is 0 Å². The summed E-state index contributed by atoms with van der Waals surface area (Å²) in [6.45, 7) is 0. The number of carboxylic acids is 1. The Balaban J connectivity index is 0.000000265. The van der Waals surface area contributed by atoms with E-state index in [2.05, 4.69) is 4.99 Å². The summed E-state index contributed by atoms with van der Waals surface area (Å²) >= 11 is 1.70. The number of carbonyl (C=O) groups excluding carboxylic acids is 1. The molecular formula is C7H8F3NO3S. The number of halogens is 3. The molecule has 1 aliphatic heterocycles. The Morgan fingerprint density at radius 1 is 1.53 bits per heavy atom. The van der Waals surface area contributed by atoms with Crippen LogP contribution in [0.2, 0.25) is 0 Å². The van der Waals surface area contributed by atoms with Gasteiger partial charge in [-0.1, -0.05) is 0 Å². The number of hydrogen-bond donors (Lipinski definition) is 1. The minimum atomic E-state index is -5.08. The monoisotopic (exact) mass is 243 g/mol. The Hall–Kier alpha value is -1.05. The fraction of sp³-hybridized carbons (Fsp3) is 0.571. The number of hydrogen-bond acceptors (Lipinski definition) is 4. The summed E-state index contributed by atoms with van der Waals surface area (Å²) in [4.78, 5) is 23.3. The van der Waals surface area contributed by atoms with Crippen molar-refractivity contribution in [3.63, 3.8) is 0 Å². The number of thioether (sulfide) groups is 1. The highest BCUT2D eigenvalue weighted by atomic mass is 32.2. The first-order valence-corrected chi connectivity index (χ1v) is 4.90. The van der Waals surface area contributed by atoms with Gasteiger partial charge in [-0.15, -0.1) is 11.8 Å². The molecule has 1 heterocycles. The molecule has 4 nitrogen and oxygen atoms in total. The van der Waals surface area contributed by atoms with Crippen LogP contribution in [0.15, 0.2) is 4.99 Å². The molecule has 1 N–H and O–H groups in total. The molecule has 0 aromatic rings. The van der Waals surface area contributed by atoms with Crippen LogP contribution in [0.5, 0.6) is 0 Å². The van der Waals surface area contributed by atoms with Crippen LogP contribution < -0.4 is 0 Å². The molecule has 0 bridgehead atoms. The molecule has 0 aromatic carbocycles. The third-order valence-electron chi connectivity index (χ3n) is 1.14. The van der Waals surface area contributed by atoms with Crippen molar-refractivity contribution in [2.24, 2.45) is 4.99 Å². The standard InChI is InChI=1S/C5H7NOS.C2HF3O2/c7-5-1-2-8-4-6-3-5;3-2(4,5)1(6)7/h3H,1-2,4H2;(H,6,7). The highest BCUT2D eigenvalue weighted by Gasteiger charge is 2.38. The molecule has 1 rings (SSSR count). The largest absolute Gasteiger partial charge is 0.490 e. The Labute approximate surface area is 87.6 Å². The second kappa shape index (κ2) is 6.44. The van der Waals surface area contributed by atoms with E-state index in [9.17, 15) is 18.0 Å². The van der Waals surface area contributed by atoms with Crippen molar-refractivity contribution < 1.29 is 27.9 Å². The van der Waals surface area contributed by atoms with Gasteiger partial charge in [-0.25, -0.2) is 4.79 Å². The molecule has 0 fully saturated rings. The van der Waals surface area contributed by atoms with E-state index in [4.69, 9.17) is 9.90 Å². The highest BCUT2D eigenvalue weighted by Crippen LogP contribution is 2.13. The fourth-order valence-corrected chi connectivity index (χ4v) is 1.15. The minimum Gasteiger partial charge on any atom is -0.475 e. The quantitative estimate of drug-likeness (QED) is 0.697. The van der Waals surface area contributed by atoms with Gasteiger partial charge >= 0.3 is 12.1 Å². The molecule has 0 saturated carbocycles. The average molecular weight is 243 g/mol. The maximum Gasteiger partial charge on any atom is 0.490 e. The zero-order valence-corrected chi connectivity index (χ0v) is 8.27. The third-order valence-corrected chi connectivity index (χ3v) is 1.96. The van der Waals surface area contributed by atoms with Crippen LogP contribution in [0.3, 0.4) is 0 Å². The Bertz CT molecular complexity index is 265. The predicted molar refractivity (Wildman–Crippen MR) is 49.1 cm³/mol. The van der Waals surface area contributed by atoms with Crippen molar-refractivity contribution in [2.45, 2.75) is 12.6 Å². The zero-order valence-electron chi connectivity index (χ0n) is 7.45. The number of rotatable bonds is 0. The lowest BCUT2D eigenvalue weighted by atomic mass is 10.3. The van der Waals surface area contributed by atoms with Gasteiger partial charge in [0.25, 0.3) is 0 Å². The number of aliphatic imine (C=N–C) groups is 1. The first kappa shape index (κ1) is 13.9. The smallest absolute Gasteiger partial charge is 0.475 e. The summed E-state index contributed by atoms with van der Waals surface area (Å²) in [5.41, 5.74) is 0. The number of carbonyl (C=O) groups is 2. The molecule has 15 heavy (non-hydrogen) atoms. The van der Waals surface area contributed by atoms with E-state index in [1.165, 1.54) is 6.21 Å². The van der Waals surface area contributed by atoms with Crippen LogP contribution in [0.1, 0.15) is 6.42 Å². The van der Waals surface area contributed by atoms with Gasteiger partial charge in [0, 0.05) is 12.2 Å². The predicted octanol–water partition coefficient (Wildman–Crippen LogP) is 1.35. The first-order valence-electron chi connectivity index (χ1n) is 3.74. The molecule has 86 valence electrons. The molecule has 0 radical (unpaired) electrons. The summed E-state index contributed by atoms with van der Waals surface area (Å²) in [6.07, 6.45) is -2.99. The van der Waals surface area contributed by atoms with E-state index >= 15 is 0 Å². The maximum absolute atomic E-state index is 10.6. The van der Waals surface area contributed by atoms with Crippen molar-refractivity contribution in [2.75, 3.05) is 11.6 Å². The highest BCUT2D eigenvalue weighted by molar-refractivity contribution is 7.99. The summed E-state index contributed by atoms with van der Waals surface area (Å²) in [6, 6.07) is 0. The van der Waals surface area contributed by atoms with E-state index in [0.29, 0.717) is 6.42 Å². The molecule has 0 aliphatic carbocycles. The Kier molecular flexibility index (Phi) is 5.99. The Morgan fingerprint density at radius 2 is 2.07 bits per heavy atom. The SMILES string of the molecule is O=C(O)C(F)(F)F.O=C1C=NCSCC1.